The van der Waals surface area contributed by atoms with Gasteiger partial charge in [0, 0.05) is 19.8 Å². The lowest BCUT2D eigenvalue weighted by atomic mass is 9.66. The lowest BCUT2D eigenvalue weighted by Gasteiger charge is -2.45. The van der Waals surface area contributed by atoms with E-state index in [1.165, 1.54) is 33.8 Å². The first-order chi connectivity index (χ1) is 11.9. The van der Waals surface area contributed by atoms with Gasteiger partial charge in [-0.3, -0.25) is 4.79 Å². The molecular weight excluding hydrogens is 370 g/mol. The maximum Gasteiger partial charge on any atom is 0.263 e. The fraction of sp³-hybridized carbons (Fsp3) is 0.632. The van der Waals surface area contributed by atoms with Crippen molar-refractivity contribution in [2.45, 2.75) is 77.6 Å². The van der Waals surface area contributed by atoms with Crippen molar-refractivity contribution >= 4 is 23.2 Å². The first-order valence-corrected chi connectivity index (χ1v) is 9.17. The van der Waals surface area contributed by atoms with E-state index in [0.29, 0.717) is 12.0 Å². The average molecular weight is 396 g/mol. The number of aryl methyl sites for hydroxylation is 1. The van der Waals surface area contributed by atoms with Crippen molar-refractivity contribution in [2.24, 2.45) is 0 Å². The normalized spacial score (nSPS) is 13.0. The Morgan fingerprint density at radius 3 is 1.85 bits per heavy atom. The summed E-state index contributed by atoms with van der Waals surface area (Å²) in [5, 5.41) is 2.53. The SMILES string of the molecule is CCc1cc(C(CC)(C(F)(F)CC)C(F)(F)CC)cc(Cl)c1NC(C)=O. The minimum Gasteiger partial charge on any atom is -0.325 e. The highest BCUT2D eigenvalue weighted by molar-refractivity contribution is 6.34. The number of carbonyl (C=O) groups excluding carboxylic acids is 1. The molecule has 26 heavy (non-hydrogen) atoms. The summed E-state index contributed by atoms with van der Waals surface area (Å²) >= 11 is 6.20. The largest absolute Gasteiger partial charge is 0.325 e. The van der Waals surface area contributed by atoms with E-state index in [4.69, 9.17) is 11.6 Å². The van der Waals surface area contributed by atoms with E-state index in [1.54, 1.807) is 6.92 Å². The van der Waals surface area contributed by atoms with Crippen LogP contribution in [-0.2, 0) is 16.6 Å². The Labute approximate surface area is 157 Å². The Balaban J connectivity index is 3.84. The van der Waals surface area contributed by atoms with Gasteiger partial charge in [0.15, 0.2) is 0 Å². The third-order valence-corrected chi connectivity index (χ3v) is 5.31. The van der Waals surface area contributed by atoms with Crippen LogP contribution >= 0.6 is 11.6 Å². The Bertz CT molecular complexity index is 645. The minimum atomic E-state index is -3.63. The molecule has 1 N–H and O–H groups in total. The molecule has 0 spiro atoms. The molecule has 0 bridgehead atoms. The molecule has 148 valence electrons. The Morgan fingerprint density at radius 1 is 1.00 bits per heavy atom. The van der Waals surface area contributed by atoms with Gasteiger partial charge in [0.2, 0.25) is 5.91 Å². The van der Waals surface area contributed by atoms with Gasteiger partial charge >= 0.3 is 0 Å². The van der Waals surface area contributed by atoms with Crippen molar-refractivity contribution in [1.82, 2.24) is 0 Å². The molecule has 0 saturated carbocycles. The van der Waals surface area contributed by atoms with E-state index in [-0.39, 0.29) is 22.2 Å². The predicted molar refractivity (Wildman–Crippen MR) is 97.6 cm³/mol. The lowest BCUT2D eigenvalue weighted by Crippen LogP contribution is -2.57. The van der Waals surface area contributed by atoms with Crippen LogP contribution in [0.4, 0.5) is 23.2 Å². The Kier molecular flexibility index (Phi) is 7.13. The summed E-state index contributed by atoms with van der Waals surface area (Å²) in [6.45, 7) is 6.77. The average Bonchev–Trinajstić information content (AvgIpc) is 2.57. The van der Waals surface area contributed by atoms with Crippen LogP contribution in [0.25, 0.3) is 0 Å². The lowest BCUT2D eigenvalue weighted by molar-refractivity contribution is -0.200. The first kappa shape index (κ1) is 22.7. The number of hydrogen-bond acceptors (Lipinski definition) is 1. The first-order valence-electron chi connectivity index (χ1n) is 8.80. The highest BCUT2D eigenvalue weighted by Crippen LogP contribution is 2.56. The van der Waals surface area contributed by atoms with Crippen LogP contribution in [0.2, 0.25) is 5.02 Å². The van der Waals surface area contributed by atoms with Crippen LogP contribution in [0.15, 0.2) is 12.1 Å². The summed E-state index contributed by atoms with van der Waals surface area (Å²) in [6.07, 6.45) is -1.54. The summed E-state index contributed by atoms with van der Waals surface area (Å²) in [5.41, 5.74) is -2.16. The van der Waals surface area contributed by atoms with Gasteiger partial charge < -0.3 is 5.32 Å². The molecule has 7 heteroatoms. The molecule has 1 aromatic carbocycles. The molecule has 1 rings (SSSR count). The number of halogens is 5. The van der Waals surface area contributed by atoms with Crippen LogP contribution < -0.4 is 5.32 Å². The zero-order valence-electron chi connectivity index (χ0n) is 15.8. The van der Waals surface area contributed by atoms with Gasteiger partial charge in [0.05, 0.1) is 10.7 Å². The van der Waals surface area contributed by atoms with E-state index in [9.17, 15) is 22.4 Å². The molecule has 0 radical (unpaired) electrons. The molecule has 0 atom stereocenters. The van der Waals surface area contributed by atoms with Crippen molar-refractivity contribution in [3.63, 3.8) is 0 Å². The highest BCUT2D eigenvalue weighted by Gasteiger charge is 2.65. The van der Waals surface area contributed by atoms with Crippen LogP contribution in [0, 0.1) is 0 Å². The number of anilines is 1. The maximum atomic E-state index is 14.9. The van der Waals surface area contributed by atoms with Crippen LogP contribution in [0.3, 0.4) is 0 Å². The van der Waals surface area contributed by atoms with E-state index < -0.39 is 36.5 Å². The molecule has 1 aromatic rings. The molecule has 0 unspecified atom stereocenters. The van der Waals surface area contributed by atoms with Gasteiger partial charge in [0.1, 0.15) is 5.41 Å². The van der Waals surface area contributed by atoms with Crippen LogP contribution in [-0.4, -0.2) is 17.8 Å². The number of hydrogen-bond donors (Lipinski definition) is 1. The van der Waals surface area contributed by atoms with Crippen molar-refractivity contribution in [3.8, 4) is 0 Å². The van der Waals surface area contributed by atoms with Gasteiger partial charge in [-0.1, -0.05) is 45.4 Å². The zero-order valence-corrected chi connectivity index (χ0v) is 16.5. The summed E-state index contributed by atoms with van der Waals surface area (Å²) < 4.78 is 59.7. The molecule has 2 nitrogen and oxygen atoms in total. The Hall–Kier alpha value is -1.30. The Morgan fingerprint density at radius 2 is 1.50 bits per heavy atom. The molecule has 0 fully saturated rings. The smallest absolute Gasteiger partial charge is 0.263 e. The second-order valence-electron chi connectivity index (χ2n) is 6.40. The molecule has 0 aliphatic heterocycles. The number of rotatable bonds is 8. The summed E-state index contributed by atoms with van der Waals surface area (Å²) in [5.74, 6) is -7.65. The van der Waals surface area contributed by atoms with E-state index in [1.807, 2.05) is 0 Å². The maximum absolute atomic E-state index is 14.9. The van der Waals surface area contributed by atoms with Crippen LogP contribution in [0.1, 0.15) is 65.0 Å². The summed E-state index contributed by atoms with van der Waals surface area (Å²) in [4.78, 5) is 11.4. The number of carbonyl (C=O) groups is 1. The van der Waals surface area contributed by atoms with Gasteiger partial charge in [-0.2, -0.15) is 0 Å². The van der Waals surface area contributed by atoms with Gasteiger partial charge in [-0.05, 0) is 30.0 Å². The third-order valence-electron chi connectivity index (χ3n) is 5.01. The van der Waals surface area contributed by atoms with Crippen molar-refractivity contribution in [2.75, 3.05) is 5.32 Å². The van der Waals surface area contributed by atoms with Crippen molar-refractivity contribution in [1.29, 1.82) is 0 Å². The van der Waals surface area contributed by atoms with Gasteiger partial charge in [0.25, 0.3) is 11.8 Å². The summed E-state index contributed by atoms with van der Waals surface area (Å²) in [7, 11) is 0. The second-order valence-corrected chi connectivity index (χ2v) is 6.81. The number of alkyl halides is 4. The van der Waals surface area contributed by atoms with Crippen LogP contribution in [0.5, 0.6) is 0 Å². The number of amides is 1. The topological polar surface area (TPSA) is 29.1 Å². The monoisotopic (exact) mass is 395 g/mol. The molecular formula is C19H26ClF4NO. The summed E-state index contributed by atoms with van der Waals surface area (Å²) in [6, 6.07) is 2.47. The van der Waals surface area contributed by atoms with E-state index >= 15 is 0 Å². The minimum absolute atomic E-state index is 0.0221. The second kappa shape index (κ2) is 8.15. The molecule has 0 heterocycles. The molecule has 0 saturated heterocycles. The quantitative estimate of drug-likeness (QED) is 0.493. The molecule has 0 aromatic heterocycles. The standard InChI is InChI=1S/C19H26ClF4NO/c1-6-13-10-14(11-15(20)16(13)25-12(5)26)17(7-2,18(21,22)8-3)19(23,24)9-4/h10-11H,6-9H2,1-5H3,(H,25,26). The fourth-order valence-corrected chi connectivity index (χ4v) is 3.81. The van der Waals surface area contributed by atoms with E-state index in [0.717, 1.165) is 6.07 Å². The third kappa shape index (κ3) is 3.71. The number of benzene rings is 1. The molecule has 0 aliphatic carbocycles. The number of nitrogens with one attached hydrogen (secondary N) is 1. The van der Waals surface area contributed by atoms with Crippen molar-refractivity contribution < 1.29 is 22.4 Å². The van der Waals surface area contributed by atoms with Crippen molar-refractivity contribution in [3.05, 3.63) is 28.3 Å². The van der Waals surface area contributed by atoms with E-state index in [2.05, 4.69) is 5.32 Å². The molecule has 0 aliphatic rings. The highest BCUT2D eigenvalue weighted by atomic mass is 35.5. The van der Waals surface area contributed by atoms with Gasteiger partial charge in [-0.25, -0.2) is 17.6 Å². The molecule has 1 amide bonds. The zero-order chi connectivity index (χ0) is 20.3. The predicted octanol–water partition coefficient (Wildman–Crippen LogP) is 6.60. The van der Waals surface area contributed by atoms with Gasteiger partial charge in [-0.15, -0.1) is 0 Å². The fourth-order valence-electron chi connectivity index (χ4n) is 3.52.